The first-order valence-corrected chi connectivity index (χ1v) is 7.28. The van der Waals surface area contributed by atoms with Crippen LogP contribution in [0.4, 0.5) is 0 Å². The summed E-state index contributed by atoms with van der Waals surface area (Å²) in [5, 5.41) is 12.9. The van der Waals surface area contributed by atoms with Crippen LogP contribution in [-0.4, -0.2) is 9.78 Å². The zero-order valence-electron chi connectivity index (χ0n) is 10.4. The van der Waals surface area contributed by atoms with Crippen LogP contribution in [0.25, 0.3) is 0 Å². The smallest absolute Gasteiger partial charge is 0.266 e. The van der Waals surface area contributed by atoms with Crippen molar-refractivity contribution in [1.82, 2.24) is 9.78 Å². The quantitative estimate of drug-likeness (QED) is 0.739. The third-order valence-electron chi connectivity index (χ3n) is 2.67. The minimum atomic E-state index is -0.293. The second-order valence-electron chi connectivity index (χ2n) is 4.79. The van der Waals surface area contributed by atoms with Crippen molar-refractivity contribution in [2.75, 3.05) is 0 Å². The number of hydrogen-bond acceptors (Lipinski definition) is 3. The molecule has 0 bridgehead atoms. The van der Waals surface area contributed by atoms with E-state index in [0.717, 1.165) is 19.3 Å². The number of nitriles is 1. The highest BCUT2D eigenvalue weighted by Crippen LogP contribution is 2.22. The zero-order valence-corrected chi connectivity index (χ0v) is 13.6. The van der Waals surface area contributed by atoms with Crippen molar-refractivity contribution in [3.63, 3.8) is 0 Å². The predicted octanol–water partition coefficient (Wildman–Crippen LogP) is 3.49. The maximum Gasteiger partial charge on any atom is 0.282 e. The monoisotopic (exact) mass is 375 g/mol. The largest absolute Gasteiger partial charge is 0.282 e. The Labute approximate surface area is 123 Å². The van der Waals surface area contributed by atoms with Gasteiger partial charge in [-0.05, 0) is 58.5 Å². The SMILES string of the molecule is CC(C)(C#N)CCCCn1ncc(Br)c(Br)c1=O. The van der Waals surface area contributed by atoms with Gasteiger partial charge in [-0.25, -0.2) is 4.68 Å². The van der Waals surface area contributed by atoms with Crippen molar-refractivity contribution in [2.24, 2.45) is 5.41 Å². The molecule has 0 spiro atoms. The molecule has 0 radical (unpaired) electrons. The van der Waals surface area contributed by atoms with Crippen LogP contribution >= 0.6 is 31.9 Å². The molecule has 1 aromatic rings. The normalized spacial score (nSPS) is 11.3. The van der Waals surface area contributed by atoms with Crippen LogP contribution in [0.3, 0.4) is 0 Å². The first kappa shape index (κ1) is 15.4. The van der Waals surface area contributed by atoms with Gasteiger partial charge in [0.1, 0.15) is 4.47 Å². The van der Waals surface area contributed by atoms with E-state index >= 15 is 0 Å². The van der Waals surface area contributed by atoms with E-state index in [1.54, 1.807) is 6.20 Å². The Morgan fingerprint density at radius 1 is 1.44 bits per heavy atom. The molecule has 98 valence electrons. The van der Waals surface area contributed by atoms with Gasteiger partial charge in [0.2, 0.25) is 0 Å². The number of rotatable bonds is 5. The molecule has 0 amide bonds. The van der Waals surface area contributed by atoms with Gasteiger partial charge in [0, 0.05) is 6.54 Å². The summed E-state index contributed by atoms with van der Waals surface area (Å²) in [7, 11) is 0. The second kappa shape index (κ2) is 6.48. The van der Waals surface area contributed by atoms with E-state index in [1.807, 2.05) is 13.8 Å². The van der Waals surface area contributed by atoms with Gasteiger partial charge in [-0.2, -0.15) is 10.4 Å². The van der Waals surface area contributed by atoms with Gasteiger partial charge in [-0.3, -0.25) is 4.79 Å². The van der Waals surface area contributed by atoms with Crippen molar-refractivity contribution < 1.29 is 0 Å². The van der Waals surface area contributed by atoms with E-state index in [2.05, 4.69) is 43.0 Å². The lowest BCUT2D eigenvalue weighted by molar-refractivity contribution is 0.408. The summed E-state index contributed by atoms with van der Waals surface area (Å²) in [4.78, 5) is 11.8. The minimum Gasteiger partial charge on any atom is -0.266 e. The van der Waals surface area contributed by atoms with E-state index < -0.39 is 0 Å². The Balaban J connectivity index is 2.54. The van der Waals surface area contributed by atoms with Crippen LogP contribution < -0.4 is 5.56 Å². The van der Waals surface area contributed by atoms with E-state index in [9.17, 15) is 4.79 Å². The van der Waals surface area contributed by atoms with Gasteiger partial charge >= 0.3 is 0 Å². The van der Waals surface area contributed by atoms with Gasteiger partial charge in [0.25, 0.3) is 5.56 Å². The third-order valence-corrected chi connectivity index (χ3v) is 4.57. The lowest BCUT2D eigenvalue weighted by atomic mass is 9.89. The van der Waals surface area contributed by atoms with Gasteiger partial charge in [-0.1, -0.05) is 6.42 Å². The Bertz CT molecular complexity index is 517. The predicted molar refractivity (Wildman–Crippen MR) is 77.1 cm³/mol. The number of aromatic nitrogens is 2. The molecule has 1 rings (SSSR count). The molecule has 1 heterocycles. The van der Waals surface area contributed by atoms with Crippen molar-refractivity contribution in [2.45, 2.75) is 39.7 Å². The molecule has 0 fully saturated rings. The minimum absolute atomic E-state index is 0.135. The standard InChI is InChI=1S/C12H15Br2N3O/c1-12(2,8-15)5-3-4-6-17-11(18)10(14)9(13)7-16-17/h7H,3-6H2,1-2H3. The topological polar surface area (TPSA) is 58.7 Å². The molecular formula is C12H15Br2N3O. The molecule has 18 heavy (non-hydrogen) atoms. The van der Waals surface area contributed by atoms with Crippen LogP contribution in [-0.2, 0) is 6.54 Å². The number of aryl methyl sites for hydroxylation is 1. The van der Waals surface area contributed by atoms with Crippen molar-refractivity contribution in [3.05, 3.63) is 25.5 Å². The summed E-state index contributed by atoms with van der Waals surface area (Å²) in [6, 6.07) is 2.27. The van der Waals surface area contributed by atoms with E-state index in [4.69, 9.17) is 5.26 Å². The van der Waals surface area contributed by atoms with Crippen LogP contribution in [0.15, 0.2) is 19.9 Å². The Kier molecular flexibility index (Phi) is 5.54. The highest BCUT2D eigenvalue weighted by molar-refractivity contribution is 9.13. The molecule has 0 aliphatic carbocycles. The highest BCUT2D eigenvalue weighted by Gasteiger charge is 2.15. The summed E-state index contributed by atoms with van der Waals surface area (Å²) >= 11 is 6.46. The highest BCUT2D eigenvalue weighted by atomic mass is 79.9. The Hall–Kier alpha value is -0.670. The van der Waals surface area contributed by atoms with Crippen LogP contribution in [0.2, 0.25) is 0 Å². The molecule has 1 aromatic heterocycles. The molecule has 0 aliphatic heterocycles. The molecular weight excluding hydrogens is 362 g/mol. The molecule has 0 aromatic carbocycles. The summed E-state index contributed by atoms with van der Waals surface area (Å²) in [6.45, 7) is 4.42. The van der Waals surface area contributed by atoms with Crippen LogP contribution in [0.1, 0.15) is 33.1 Å². The molecule has 0 unspecified atom stereocenters. The fourth-order valence-corrected chi connectivity index (χ4v) is 2.06. The summed E-state index contributed by atoms with van der Waals surface area (Å²) < 4.78 is 2.60. The molecule has 4 nitrogen and oxygen atoms in total. The lowest BCUT2D eigenvalue weighted by Crippen LogP contribution is -2.23. The van der Waals surface area contributed by atoms with Gasteiger partial charge < -0.3 is 0 Å². The number of nitrogens with zero attached hydrogens (tertiary/aromatic N) is 3. The van der Waals surface area contributed by atoms with E-state index in [1.165, 1.54) is 4.68 Å². The zero-order chi connectivity index (χ0) is 13.8. The third kappa shape index (κ3) is 4.21. The van der Waals surface area contributed by atoms with E-state index in [-0.39, 0.29) is 11.0 Å². The van der Waals surface area contributed by atoms with Crippen LogP contribution in [0, 0.1) is 16.7 Å². The Morgan fingerprint density at radius 3 is 2.72 bits per heavy atom. The molecule has 0 N–H and O–H groups in total. The first-order chi connectivity index (χ1) is 8.37. The van der Waals surface area contributed by atoms with Crippen molar-refractivity contribution >= 4 is 31.9 Å². The summed E-state index contributed by atoms with van der Waals surface area (Å²) in [6.07, 6.45) is 4.18. The number of halogens is 2. The maximum atomic E-state index is 11.8. The van der Waals surface area contributed by atoms with E-state index in [0.29, 0.717) is 15.5 Å². The molecule has 0 atom stereocenters. The average Bonchev–Trinajstić information content (AvgIpc) is 2.34. The maximum absolute atomic E-state index is 11.8. The summed E-state index contributed by atoms with van der Waals surface area (Å²) in [5.74, 6) is 0. The second-order valence-corrected chi connectivity index (χ2v) is 6.43. The lowest BCUT2D eigenvalue weighted by Gasteiger charge is -2.14. The molecule has 0 saturated carbocycles. The summed E-state index contributed by atoms with van der Waals surface area (Å²) in [5.41, 5.74) is -0.428. The van der Waals surface area contributed by atoms with Crippen molar-refractivity contribution in [3.8, 4) is 6.07 Å². The van der Waals surface area contributed by atoms with Crippen LogP contribution in [0.5, 0.6) is 0 Å². The van der Waals surface area contributed by atoms with Gasteiger partial charge in [0.15, 0.2) is 0 Å². The first-order valence-electron chi connectivity index (χ1n) is 5.70. The van der Waals surface area contributed by atoms with Crippen molar-refractivity contribution in [1.29, 1.82) is 5.26 Å². The fraction of sp³-hybridized carbons (Fsp3) is 0.583. The van der Waals surface area contributed by atoms with Gasteiger partial charge in [-0.15, -0.1) is 0 Å². The molecule has 6 heteroatoms. The number of unbranched alkanes of at least 4 members (excludes halogenated alkanes) is 1. The van der Waals surface area contributed by atoms with Gasteiger partial charge in [0.05, 0.1) is 22.2 Å². The average molecular weight is 377 g/mol. The molecule has 0 saturated heterocycles. The molecule has 0 aliphatic rings. The number of hydrogen-bond donors (Lipinski definition) is 0. The Morgan fingerprint density at radius 2 is 2.11 bits per heavy atom. The fourth-order valence-electron chi connectivity index (χ4n) is 1.49.